The summed E-state index contributed by atoms with van der Waals surface area (Å²) in [5.74, 6) is 0. The first-order valence-corrected chi connectivity index (χ1v) is 4.17. The third-order valence-corrected chi connectivity index (χ3v) is 2.19. The molecule has 1 saturated carbocycles. The van der Waals surface area contributed by atoms with Crippen molar-refractivity contribution in [2.24, 2.45) is 5.41 Å². The number of nitrogens with one attached hydrogen (secondary N) is 1. The quantitative estimate of drug-likeness (QED) is 0.718. The lowest BCUT2D eigenvalue weighted by Gasteiger charge is -2.24. The molecule has 0 aromatic heterocycles. The van der Waals surface area contributed by atoms with Crippen LogP contribution in [0.25, 0.3) is 0 Å². The zero-order valence-electron chi connectivity index (χ0n) is 7.36. The summed E-state index contributed by atoms with van der Waals surface area (Å²) < 4.78 is 36.8. The van der Waals surface area contributed by atoms with Gasteiger partial charge in [-0.15, -0.1) is 12.4 Å². The molecule has 0 heterocycles. The van der Waals surface area contributed by atoms with Crippen LogP contribution in [0, 0.1) is 5.41 Å². The second-order valence-corrected chi connectivity index (χ2v) is 3.56. The molecule has 0 atom stereocenters. The Labute approximate surface area is 82.5 Å². The molecule has 5 heteroatoms. The molecule has 0 amide bonds. The number of hydrogen-bond acceptors (Lipinski definition) is 1. The highest BCUT2D eigenvalue weighted by atomic mass is 35.5. The number of rotatable bonds is 6. The molecular weight excluding hydrogens is 203 g/mol. The van der Waals surface area contributed by atoms with Gasteiger partial charge in [-0.3, -0.25) is 13.2 Å². The van der Waals surface area contributed by atoms with Crippen molar-refractivity contribution in [2.75, 3.05) is 26.6 Å². The van der Waals surface area contributed by atoms with Crippen LogP contribution in [0.1, 0.15) is 12.8 Å². The van der Waals surface area contributed by atoms with Crippen LogP contribution in [-0.4, -0.2) is 32.6 Å². The van der Waals surface area contributed by atoms with Crippen LogP contribution in [-0.2, 0) is 0 Å². The molecule has 13 heavy (non-hydrogen) atoms. The largest absolute Gasteiger partial charge is 0.313 e. The van der Waals surface area contributed by atoms with Gasteiger partial charge in [-0.25, -0.2) is 0 Å². The van der Waals surface area contributed by atoms with Crippen LogP contribution < -0.4 is 5.32 Å². The van der Waals surface area contributed by atoms with E-state index in [9.17, 15) is 13.2 Å². The Hall–Kier alpha value is 0.0400. The van der Waals surface area contributed by atoms with E-state index in [-0.39, 0.29) is 19.0 Å². The zero-order chi connectivity index (χ0) is 9.03. The summed E-state index contributed by atoms with van der Waals surface area (Å²) >= 11 is 0. The summed E-state index contributed by atoms with van der Waals surface area (Å²) in [4.78, 5) is 0. The first-order valence-electron chi connectivity index (χ1n) is 4.17. The van der Waals surface area contributed by atoms with E-state index < -0.39 is 25.4 Å². The molecule has 1 rings (SSSR count). The number of halogens is 4. The van der Waals surface area contributed by atoms with Crippen molar-refractivity contribution in [1.82, 2.24) is 5.32 Å². The van der Waals surface area contributed by atoms with Crippen molar-refractivity contribution in [3.05, 3.63) is 0 Å². The van der Waals surface area contributed by atoms with Crippen LogP contribution in [0.2, 0.25) is 0 Å². The van der Waals surface area contributed by atoms with Crippen molar-refractivity contribution >= 4 is 12.4 Å². The summed E-state index contributed by atoms with van der Waals surface area (Å²) in [7, 11) is 0. The fraction of sp³-hybridized carbons (Fsp3) is 1.00. The van der Waals surface area contributed by atoms with Gasteiger partial charge in [0, 0.05) is 12.6 Å². The minimum Gasteiger partial charge on any atom is -0.313 e. The summed E-state index contributed by atoms with van der Waals surface area (Å²) in [6.07, 6.45) is 2.09. The molecule has 0 bridgehead atoms. The van der Waals surface area contributed by atoms with Crippen molar-refractivity contribution < 1.29 is 13.2 Å². The van der Waals surface area contributed by atoms with Gasteiger partial charge in [0.2, 0.25) is 0 Å². The Kier molecular flexibility index (Phi) is 5.72. The van der Waals surface area contributed by atoms with E-state index in [1.54, 1.807) is 0 Å². The summed E-state index contributed by atoms with van der Waals surface area (Å²) in [5.41, 5.74) is -1.41. The Balaban J connectivity index is 0.00000144. The smallest absolute Gasteiger partial charge is 0.101 e. The van der Waals surface area contributed by atoms with Gasteiger partial charge in [-0.2, -0.15) is 0 Å². The monoisotopic (exact) mass is 217 g/mol. The standard InChI is InChI=1S/C8H14F3N.ClH/c9-3-8(4-10,5-11)6-12-7-1-2-7;/h7,12H,1-6H2;1H. The van der Waals surface area contributed by atoms with Crippen LogP contribution in [0.15, 0.2) is 0 Å². The SMILES string of the molecule is Cl.FCC(CF)(CF)CNC1CC1. The van der Waals surface area contributed by atoms with E-state index in [1.807, 2.05) is 0 Å². The van der Waals surface area contributed by atoms with Crippen molar-refractivity contribution in [1.29, 1.82) is 0 Å². The number of alkyl halides is 3. The van der Waals surface area contributed by atoms with E-state index in [0.717, 1.165) is 12.8 Å². The van der Waals surface area contributed by atoms with Crippen LogP contribution >= 0.6 is 12.4 Å². The fourth-order valence-corrected chi connectivity index (χ4v) is 0.897. The van der Waals surface area contributed by atoms with Gasteiger partial charge in [-0.05, 0) is 12.8 Å². The first kappa shape index (κ1) is 13.0. The lowest BCUT2D eigenvalue weighted by Crippen LogP contribution is -2.40. The minimum atomic E-state index is -1.41. The van der Waals surface area contributed by atoms with Crippen molar-refractivity contribution in [2.45, 2.75) is 18.9 Å². The predicted molar refractivity (Wildman–Crippen MR) is 48.6 cm³/mol. The summed E-state index contributed by atoms with van der Waals surface area (Å²) in [6.45, 7) is -2.68. The molecule has 1 nitrogen and oxygen atoms in total. The summed E-state index contributed by atoms with van der Waals surface area (Å²) in [6, 6.07) is 0.369. The minimum absolute atomic E-state index is 0. The molecule has 0 aromatic carbocycles. The van der Waals surface area contributed by atoms with Gasteiger partial charge in [0.05, 0.1) is 5.41 Å². The van der Waals surface area contributed by atoms with Crippen molar-refractivity contribution in [3.63, 3.8) is 0 Å². The van der Waals surface area contributed by atoms with Crippen molar-refractivity contribution in [3.8, 4) is 0 Å². The van der Waals surface area contributed by atoms with Crippen LogP contribution in [0.3, 0.4) is 0 Å². The highest BCUT2D eigenvalue weighted by Crippen LogP contribution is 2.23. The first-order chi connectivity index (χ1) is 5.76. The lowest BCUT2D eigenvalue weighted by molar-refractivity contribution is 0.110. The average molecular weight is 218 g/mol. The maximum Gasteiger partial charge on any atom is 0.101 e. The molecule has 0 unspecified atom stereocenters. The van der Waals surface area contributed by atoms with Gasteiger partial charge in [-0.1, -0.05) is 0 Å². The Morgan fingerprint density at radius 1 is 1.08 bits per heavy atom. The lowest BCUT2D eigenvalue weighted by atomic mass is 9.93. The molecule has 1 aliphatic carbocycles. The normalized spacial score (nSPS) is 16.8. The fourth-order valence-electron chi connectivity index (χ4n) is 0.897. The van der Waals surface area contributed by atoms with E-state index in [4.69, 9.17) is 0 Å². The van der Waals surface area contributed by atoms with Gasteiger partial charge in [0.1, 0.15) is 20.0 Å². The Morgan fingerprint density at radius 3 is 1.85 bits per heavy atom. The molecule has 0 radical (unpaired) electrons. The highest BCUT2D eigenvalue weighted by molar-refractivity contribution is 5.85. The topological polar surface area (TPSA) is 12.0 Å². The summed E-state index contributed by atoms with van der Waals surface area (Å²) in [5, 5.41) is 2.93. The molecule has 0 saturated heterocycles. The van der Waals surface area contributed by atoms with Crippen LogP contribution in [0.5, 0.6) is 0 Å². The molecule has 1 aliphatic rings. The second-order valence-electron chi connectivity index (χ2n) is 3.56. The van der Waals surface area contributed by atoms with Crippen LogP contribution in [0.4, 0.5) is 13.2 Å². The van der Waals surface area contributed by atoms with Gasteiger partial charge >= 0.3 is 0 Å². The van der Waals surface area contributed by atoms with E-state index in [2.05, 4.69) is 5.32 Å². The predicted octanol–water partition coefficient (Wildman–Crippen LogP) is 2.06. The molecular formula is C8H15ClF3N. The van der Waals surface area contributed by atoms with Gasteiger partial charge < -0.3 is 5.32 Å². The molecule has 0 spiro atoms. The molecule has 1 fully saturated rings. The second kappa shape index (κ2) is 5.70. The third-order valence-electron chi connectivity index (χ3n) is 2.19. The molecule has 80 valence electrons. The van der Waals surface area contributed by atoms with Gasteiger partial charge in [0.25, 0.3) is 0 Å². The number of hydrogen-bond donors (Lipinski definition) is 1. The molecule has 0 aliphatic heterocycles. The maximum atomic E-state index is 12.3. The molecule has 0 aromatic rings. The zero-order valence-corrected chi connectivity index (χ0v) is 8.18. The Bertz CT molecular complexity index is 129. The van der Waals surface area contributed by atoms with E-state index in [1.165, 1.54) is 0 Å². The van der Waals surface area contributed by atoms with E-state index in [0.29, 0.717) is 6.04 Å². The van der Waals surface area contributed by atoms with E-state index >= 15 is 0 Å². The average Bonchev–Trinajstić information content (AvgIpc) is 2.92. The maximum absolute atomic E-state index is 12.3. The molecule has 1 N–H and O–H groups in total. The Morgan fingerprint density at radius 2 is 1.54 bits per heavy atom. The van der Waals surface area contributed by atoms with Gasteiger partial charge in [0.15, 0.2) is 0 Å². The highest BCUT2D eigenvalue weighted by Gasteiger charge is 2.33. The third kappa shape index (κ3) is 3.73.